The standard InChI is InChI=1S/C52H60N24O10/c1-69-17-25-13-31(69)45(79)55-11-9-29(53)43(77)65-35-21-75(7)41(61-35)51(85)68-38-24-74(6)40(64-38)50(84)60-28-16-34(72(4)20-28)48(82)58-26-14-32(70(2)18-26)46(80)56-12-10-30(54)44(78)66-36-22-76(8)42(62-36)52(86)67-37-23-73(5)39(63-37)49(83)59-27-15-33(47(81)57-25)71(3)19-27/h13-24,29-30H,9-12,53-54H2,1-8H3,(H,55,79)(H,56,80)(H,57,81)(H,58,82)(H,59,83)(H,60,84)(H,65,77)(H,66,78)(H,67,86)(H,68,85)/t29-,30-/m1/s1. The van der Waals surface area contributed by atoms with Gasteiger partial charge in [-0.25, -0.2) is 19.9 Å². The van der Waals surface area contributed by atoms with Crippen molar-refractivity contribution in [2.45, 2.75) is 24.9 Å². The summed E-state index contributed by atoms with van der Waals surface area (Å²) in [5.74, 6) is -6.86. The molecule has 34 nitrogen and oxygen atoms in total. The lowest BCUT2D eigenvalue weighted by Crippen LogP contribution is -2.39. The minimum atomic E-state index is -1.12. The zero-order chi connectivity index (χ0) is 62.0. The Bertz CT molecular complexity index is 3800. The molecule has 8 aromatic rings. The van der Waals surface area contributed by atoms with Crippen molar-refractivity contribution in [1.29, 1.82) is 0 Å². The molecule has 9 rings (SSSR count). The second kappa shape index (κ2) is 24.2. The average molecular weight is 1180 g/mol. The lowest BCUT2D eigenvalue weighted by molar-refractivity contribution is -0.118. The minimum absolute atomic E-state index is 0.00192. The van der Waals surface area contributed by atoms with Crippen molar-refractivity contribution in [2.75, 3.05) is 55.6 Å². The number of fused-ring (bicyclic) bond motifs is 16. The number of nitrogens with one attached hydrogen (secondary N) is 10. The SMILES string of the molecule is Cn1cc2cc1C(=O)NCC[C@@H](N)C(=O)Nc1cn(C)c(n1)C(=O)Nc1cn(C)c(n1)C(=O)Nc1cc(n(C)c1)C(=O)Nc1cc(n(C)c1)C(=O)NCC[C@@H](N)C(=O)Nc1cn(C)c(n1)C(=O)Nc1cn(C)c(n1)C(=O)Nc1cc(n(C)c1)C(=O)N2. The molecule has 0 spiro atoms. The van der Waals surface area contributed by atoms with Crippen LogP contribution in [0.3, 0.4) is 0 Å². The van der Waals surface area contributed by atoms with E-state index in [-0.39, 0.29) is 118 Å². The van der Waals surface area contributed by atoms with E-state index in [9.17, 15) is 47.9 Å². The highest BCUT2D eigenvalue weighted by molar-refractivity contribution is 6.09. The Hall–Kier alpha value is -11.4. The average Bonchev–Trinajstić information content (AvgIpc) is 3.32. The summed E-state index contributed by atoms with van der Waals surface area (Å²) >= 11 is 0. The van der Waals surface area contributed by atoms with Crippen LogP contribution < -0.4 is 64.6 Å². The summed E-state index contributed by atoms with van der Waals surface area (Å²) in [5, 5.41) is 26.6. The topological polar surface area (TPSA) is 434 Å². The van der Waals surface area contributed by atoms with Crippen LogP contribution in [0.25, 0.3) is 0 Å². The summed E-state index contributed by atoms with van der Waals surface area (Å²) in [6, 6.07) is 3.50. The van der Waals surface area contributed by atoms with Crippen LogP contribution in [0.2, 0.25) is 0 Å². The fraction of sp³-hybridized carbons (Fsp3) is 0.269. The number of nitrogens with zero attached hydrogens (tertiary/aromatic N) is 12. The van der Waals surface area contributed by atoms with E-state index in [0.29, 0.717) is 0 Å². The number of hydrogen-bond acceptors (Lipinski definition) is 16. The van der Waals surface area contributed by atoms with Crippen LogP contribution in [-0.4, -0.2) is 141 Å². The van der Waals surface area contributed by atoms with E-state index in [1.165, 1.54) is 139 Å². The van der Waals surface area contributed by atoms with Crippen molar-refractivity contribution < 1.29 is 47.9 Å². The Labute approximate surface area is 487 Å². The van der Waals surface area contributed by atoms with Crippen LogP contribution in [0.1, 0.15) is 97.3 Å². The number of imidazole rings is 4. The molecule has 1 aliphatic heterocycles. The predicted octanol–water partition coefficient (Wildman–Crippen LogP) is -0.0264. The summed E-state index contributed by atoms with van der Waals surface area (Å²) in [4.78, 5) is 150. The Balaban J connectivity index is 0.887. The van der Waals surface area contributed by atoms with Crippen LogP contribution in [0, 0.1) is 0 Å². The summed E-state index contributed by atoms with van der Waals surface area (Å²) < 4.78 is 11.4. The molecule has 0 fully saturated rings. The van der Waals surface area contributed by atoms with Crippen LogP contribution in [0.15, 0.2) is 73.8 Å². The molecule has 16 bridgehead atoms. The summed E-state index contributed by atoms with van der Waals surface area (Å²) in [6.45, 7) is -0.0584. The highest BCUT2D eigenvalue weighted by Crippen LogP contribution is 2.22. The second-order valence-electron chi connectivity index (χ2n) is 20.1. The van der Waals surface area contributed by atoms with Crippen molar-refractivity contribution in [3.8, 4) is 0 Å². The van der Waals surface area contributed by atoms with Crippen molar-refractivity contribution in [3.05, 3.63) is 120 Å². The van der Waals surface area contributed by atoms with Gasteiger partial charge in [-0.3, -0.25) is 47.9 Å². The highest BCUT2D eigenvalue weighted by Gasteiger charge is 2.26. The lowest BCUT2D eigenvalue weighted by atomic mass is 10.2. The monoisotopic (exact) mass is 1180 g/mol. The van der Waals surface area contributed by atoms with Gasteiger partial charge in [0.25, 0.3) is 47.3 Å². The number of anilines is 8. The molecule has 86 heavy (non-hydrogen) atoms. The van der Waals surface area contributed by atoms with Gasteiger partial charge in [0.2, 0.25) is 35.1 Å². The van der Waals surface area contributed by atoms with Gasteiger partial charge >= 0.3 is 0 Å². The van der Waals surface area contributed by atoms with E-state index in [4.69, 9.17) is 11.5 Å². The molecular formula is C52H60N24O10. The molecule has 0 unspecified atom stereocenters. The molecule has 0 aromatic carbocycles. The molecule has 9 heterocycles. The molecule has 34 heteroatoms. The molecule has 0 aliphatic carbocycles. The Kier molecular flexibility index (Phi) is 16.7. The number of rotatable bonds is 0. The Morgan fingerprint density at radius 2 is 0.570 bits per heavy atom. The van der Waals surface area contributed by atoms with Crippen molar-refractivity contribution in [2.24, 2.45) is 67.8 Å². The second-order valence-corrected chi connectivity index (χ2v) is 20.1. The number of amides is 10. The zero-order valence-corrected chi connectivity index (χ0v) is 47.5. The zero-order valence-electron chi connectivity index (χ0n) is 47.5. The molecule has 1 aliphatic rings. The number of carbonyl (C=O) groups excluding carboxylic acids is 10. The first kappa shape index (κ1) is 59.2. The normalized spacial score (nSPS) is 16.8. The van der Waals surface area contributed by atoms with Gasteiger partial charge in [-0.05, 0) is 37.1 Å². The quantitative estimate of drug-likeness (QED) is 0.0949. The van der Waals surface area contributed by atoms with Crippen molar-refractivity contribution in [1.82, 2.24) is 67.1 Å². The van der Waals surface area contributed by atoms with Gasteiger partial charge in [0, 0.05) is 119 Å². The molecular weight excluding hydrogens is 1120 g/mol. The summed E-state index contributed by atoms with van der Waals surface area (Å²) in [6.07, 6.45) is 11.6. The van der Waals surface area contributed by atoms with E-state index < -0.39 is 71.2 Å². The van der Waals surface area contributed by atoms with Gasteiger partial charge in [-0.1, -0.05) is 0 Å². The fourth-order valence-corrected chi connectivity index (χ4v) is 9.06. The van der Waals surface area contributed by atoms with E-state index in [1.54, 1.807) is 28.2 Å². The molecule has 0 saturated carbocycles. The number of hydrogen-bond donors (Lipinski definition) is 12. The third kappa shape index (κ3) is 13.1. The maximum absolute atomic E-state index is 13.5. The third-order valence-corrected chi connectivity index (χ3v) is 13.4. The van der Waals surface area contributed by atoms with E-state index in [0.717, 1.165) is 0 Å². The van der Waals surface area contributed by atoms with Crippen LogP contribution in [0.5, 0.6) is 0 Å². The first-order valence-corrected chi connectivity index (χ1v) is 26.1. The number of nitrogens with two attached hydrogens (primary N) is 2. The molecule has 448 valence electrons. The smallest absolute Gasteiger partial charge is 0.292 e. The Morgan fingerprint density at radius 3 is 0.860 bits per heavy atom. The maximum Gasteiger partial charge on any atom is 0.292 e. The maximum atomic E-state index is 13.5. The van der Waals surface area contributed by atoms with Gasteiger partial charge in [-0.2, -0.15) is 0 Å². The number of aromatic nitrogens is 12. The molecule has 14 N–H and O–H groups in total. The molecule has 0 radical (unpaired) electrons. The number of aryl methyl sites for hydroxylation is 8. The summed E-state index contributed by atoms with van der Waals surface area (Å²) in [7, 11) is 12.5. The van der Waals surface area contributed by atoms with Gasteiger partial charge in [-0.15, -0.1) is 0 Å². The van der Waals surface area contributed by atoms with Crippen molar-refractivity contribution in [3.63, 3.8) is 0 Å². The lowest BCUT2D eigenvalue weighted by Gasteiger charge is -2.11. The summed E-state index contributed by atoms with van der Waals surface area (Å²) in [5.41, 5.74) is 13.9. The van der Waals surface area contributed by atoms with Crippen LogP contribution in [0.4, 0.5) is 46.0 Å². The van der Waals surface area contributed by atoms with E-state index >= 15 is 0 Å². The van der Waals surface area contributed by atoms with Crippen molar-refractivity contribution >= 4 is 105 Å². The van der Waals surface area contributed by atoms with Gasteiger partial charge in [0.1, 0.15) is 22.8 Å². The van der Waals surface area contributed by atoms with Crippen LogP contribution >= 0.6 is 0 Å². The number of carbonyl (C=O) groups is 10. The highest BCUT2D eigenvalue weighted by atomic mass is 16.2. The van der Waals surface area contributed by atoms with E-state index in [2.05, 4.69) is 73.1 Å². The molecule has 0 saturated heterocycles. The Morgan fingerprint density at radius 1 is 0.326 bits per heavy atom. The third-order valence-electron chi connectivity index (χ3n) is 13.4. The predicted molar refractivity (Wildman–Crippen MR) is 309 cm³/mol. The van der Waals surface area contributed by atoms with Gasteiger partial charge in [0.05, 0.1) is 34.8 Å². The molecule has 2 atom stereocenters. The van der Waals surface area contributed by atoms with Crippen LogP contribution in [-0.2, 0) is 66.0 Å². The first-order chi connectivity index (χ1) is 40.8. The van der Waals surface area contributed by atoms with Gasteiger partial charge in [0.15, 0.2) is 23.3 Å². The van der Waals surface area contributed by atoms with E-state index in [1.807, 2.05) is 0 Å². The van der Waals surface area contributed by atoms with Gasteiger partial charge < -0.3 is 101 Å². The first-order valence-electron chi connectivity index (χ1n) is 26.1. The largest absolute Gasteiger partial charge is 0.351 e. The fourth-order valence-electron chi connectivity index (χ4n) is 9.06. The molecule has 10 amide bonds. The molecule has 8 aromatic heterocycles. The minimum Gasteiger partial charge on any atom is -0.351 e.